The van der Waals surface area contributed by atoms with E-state index in [1.54, 1.807) is 17.0 Å². The van der Waals surface area contributed by atoms with Gasteiger partial charge in [-0.15, -0.1) is 0 Å². The smallest absolute Gasteiger partial charge is 0.235 e. The van der Waals surface area contributed by atoms with Crippen molar-refractivity contribution in [2.24, 2.45) is 12.0 Å². The highest BCUT2D eigenvalue weighted by Gasteiger charge is 2.09. The summed E-state index contributed by atoms with van der Waals surface area (Å²) >= 11 is 0. The van der Waals surface area contributed by atoms with Gasteiger partial charge in [0, 0.05) is 18.3 Å². The first kappa shape index (κ1) is 8.68. The van der Waals surface area contributed by atoms with E-state index in [4.69, 9.17) is 0 Å². The van der Waals surface area contributed by atoms with Crippen LogP contribution in [0.25, 0.3) is 0 Å². The molecule has 1 atom stereocenters. The van der Waals surface area contributed by atoms with Gasteiger partial charge in [0.15, 0.2) is 0 Å². The molecule has 64 valence electrons. The van der Waals surface area contributed by atoms with Gasteiger partial charge in [-0.3, -0.25) is 4.68 Å². The van der Waals surface area contributed by atoms with Crippen LogP contribution in [0, 0.1) is 6.92 Å². The summed E-state index contributed by atoms with van der Waals surface area (Å²) in [5.41, 5.74) is 2.00. The molecule has 0 saturated carbocycles. The molecule has 0 saturated heterocycles. The average molecular weight is 165 g/mol. The molecular weight excluding hydrogens is 154 g/mol. The molecule has 1 rings (SSSR count). The summed E-state index contributed by atoms with van der Waals surface area (Å²) in [7, 11) is 1.86. The predicted molar refractivity (Wildman–Crippen MR) is 44.5 cm³/mol. The van der Waals surface area contributed by atoms with Crippen molar-refractivity contribution in [3.63, 3.8) is 0 Å². The second-order valence-corrected chi connectivity index (χ2v) is 2.71. The van der Waals surface area contributed by atoms with Crippen molar-refractivity contribution in [3.8, 4) is 0 Å². The summed E-state index contributed by atoms with van der Waals surface area (Å²) in [6.45, 7) is 3.79. The first-order valence-corrected chi connectivity index (χ1v) is 3.72. The van der Waals surface area contributed by atoms with Gasteiger partial charge in [0.1, 0.15) is 0 Å². The molecule has 4 heteroatoms. The van der Waals surface area contributed by atoms with Crippen LogP contribution in [-0.4, -0.2) is 15.9 Å². The number of hydrogen-bond acceptors (Lipinski definition) is 3. The molecule has 1 heterocycles. The minimum Gasteiger partial charge on any atom is -0.273 e. The highest BCUT2D eigenvalue weighted by atomic mass is 16.1. The number of rotatable bonds is 2. The molecule has 0 bridgehead atoms. The topological polar surface area (TPSA) is 47.2 Å². The molecule has 12 heavy (non-hydrogen) atoms. The van der Waals surface area contributed by atoms with Gasteiger partial charge in [0.25, 0.3) is 0 Å². The molecule has 4 nitrogen and oxygen atoms in total. The van der Waals surface area contributed by atoms with E-state index in [0.29, 0.717) is 0 Å². The molecular formula is C8H11N3O. The third kappa shape index (κ3) is 1.43. The number of hydrogen-bond donors (Lipinski definition) is 0. The quantitative estimate of drug-likeness (QED) is 0.487. The molecule has 1 unspecified atom stereocenters. The van der Waals surface area contributed by atoms with Gasteiger partial charge in [-0.05, 0) is 13.8 Å². The van der Waals surface area contributed by atoms with Gasteiger partial charge in [0.2, 0.25) is 6.08 Å². The van der Waals surface area contributed by atoms with Crippen LogP contribution in [0.15, 0.2) is 11.2 Å². The predicted octanol–water partition coefficient (Wildman–Crippen LogP) is 1.13. The number of nitrogens with zero attached hydrogens (tertiary/aromatic N) is 3. The Morgan fingerprint density at radius 1 is 1.75 bits per heavy atom. The Labute approximate surface area is 70.9 Å². The summed E-state index contributed by atoms with van der Waals surface area (Å²) in [6, 6.07) is -0.142. The minimum atomic E-state index is -0.142. The lowest BCUT2D eigenvalue weighted by atomic mass is 10.1. The molecule has 0 aliphatic carbocycles. The average Bonchev–Trinajstić information content (AvgIpc) is 2.34. The van der Waals surface area contributed by atoms with Crippen molar-refractivity contribution in [2.45, 2.75) is 19.9 Å². The van der Waals surface area contributed by atoms with Crippen LogP contribution < -0.4 is 0 Å². The maximum atomic E-state index is 9.99. The van der Waals surface area contributed by atoms with Crippen LogP contribution in [0.5, 0.6) is 0 Å². The maximum Gasteiger partial charge on any atom is 0.235 e. The normalized spacial score (nSPS) is 12.2. The Kier molecular flexibility index (Phi) is 2.41. The fourth-order valence-corrected chi connectivity index (χ4v) is 1.07. The zero-order chi connectivity index (χ0) is 9.14. The van der Waals surface area contributed by atoms with E-state index < -0.39 is 0 Å². The van der Waals surface area contributed by atoms with Crippen molar-refractivity contribution >= 4 is 6.08 Å². The molecule has 0 amide bonds. The van der Waals surface area contributed by atoms with Crippen LogP contribution in [0.1, 0.15) is 24.2 Å². The standard InChI is InChI=1S/C8H11N3O/c1-6(9-5-12)8-4-10-11(3)7(8)2/h4,6H,1-3H3. The van der Waals surface area contributed by atoms with E-state index in [-0.39, 0.29) is 6.04 Å². The molecule has 1 aromatic heterocycles. The Balaban J connectivity index is 3.02. The van der Waals surface area contributed by atoms with Gasteiger partial charge in [-0.25, -0.2) is 4.79 Å². The van der Waals surface area contributed by atoms with Crippen LogP contribution >= 0.6 is 0 Å². The van der Waals surface area contributed by atoms with Gasteiger partial charge < -0.3 is 0 Å². The van der Waals surface area contributed by atoms with Gasteiger partial charge in [-0.2, -0.15) is 10.1 Å². The first-order chi connectivity index (χ1) is 5.66. The summed E-state index contributed by atoms with van der Waals surface area (Å²) in [5, 5.41) is 4.05. The molecule has 0 spiro atoms. The summed E-state index contributed by atoms with van der Waals surface area (Å²) in [6.07, 6.45) is 3.26. The Hall–Kier alpha value is -1.41. The molecule has 0 N–H and O–H groups in total. The second kappa shape index (κ2) is 3.32. The fraction of sp³-hybridized carbons (Fsp3) is 0.500. The van der Waals surface area contributed by atoms with Gasteiger partial charge in [0.05, 0.1) is 12.2 Å². The van der Waals surface area contributed by atoms with Gasteiger partial charge in [-0.1, -0.05) is 0 Å². The SMILES string of the molecule is Cc1c(C(C)N=C=O)cnn1C. The van der Waals surface area contributed by atoms with Crippen molar-refractivity contribution in [1.82, 2.24) is 9.78 Å². The van der Waals surface area contributed by atoms with Crippen molar-refractivity contribution in [3.05, 3.63) is 17.5 Å². The van der Waals surface area contributed by atoms with E-state index in [1.807, 2.05) is 20.9 Å². The second-order valence-electron chi connectivity index (χ2n) is 2.71. The molecule has 0 aromatic carbocycles. The van der Waals surface area contributed by atoms with Crippen molar-refractivity contribution < 1.29 is 4.79 Å². The van der Waals surface area contributed by atoms with Crippen molar-refractivity contribution in [1.29, 1.82) is 0 Å². The Bertz CT molecular complexity index is 323. The number of aliphatic imine (C=N–C) groups is 1. The summed E-state index contributed by atoms with van der Waals surface area (Å²) in [5.74, 6) is 0. The maximum absolute atomic E-state index is 9.99. The zero-order valence-electron chi connectivity index (χ0n) is 7.40. The van der Waals surface area contributed by atoms with E-state index in [0.717, 1.165) is 11.3 Å². The van der Waals surface area contributed by atoms with Gasteiger partial charge >= 0.3 is 0 Å². The lowest BCUT2D eigenvalue weighted by Crippen LogP contribution is -1.95. The van der Waals surface area contributed by atoms with Crippen molar-refractivity contribution in [2.75, 3.05) is 0 Å². The third-order valence-electron chi connectivity index (χ3n) is 1.97. The number of aryl methyl sites for hydroxylation is 1. The molecule has 0 aliphatic rings. The first-order valence-electron chi connectivity index (χ1n) is 3.72. The van der Waals surface area contributed by atoms with E-state index in [9.17, 15) is 4.79 Å². The zero-order valence-corrected chi connectivity index (χ0v) is 7.40. The summed E-state index contributed by atoms with van der Waals surface area (Å²) in [4.78, 5) is 13.6. The van der Waals surface area contributed by atoms with Crippen LogP contribution in [0.2, 0.25) is 0 Å². The Morgan fingerprint density at radius 2 is 2.42 bits per heavy atom. The fourth-order valence-electron chi connectivity index (χ4n) is 1.07. The lowest BCUT2D eigenvalue weighted by molar-refractivity contribution is 0.559. The largest absolute Gasteiger partial charge is 0.273 e. The molecule has 0 aliphatic heterocycles. The Morgan fingerprint density at radius 3 is 2.83 bits per heavy atom. The highest BCUT2D eigenvalue weighted by molar-refractivity contribution is 5.35. The van der Waals surface area contributed by atoms with Crippen LogP contribution in [-0.2, 0) is 11.8 Å². The molecule has 0 radical (unpaired) electrons. The molecule has 1 aromatic rings. The van der Waals surface area contributed by atoms with E-state index in [1.165, 1.54) is 0 Å². The van der Waals surface area contributed by atoms with E-state index >= 15 is 0 Å². The monoisotopic (exact) mass is 165 g/mol. The number of aromatic nitrogens is 2. The molecule has 0 fully saturated rings. The van der Waals surface area contributed by atoms with E-state index in [2.05, 4.69) is 10.1 Å². The van der Waals surface area contributed by atoms with Crippen LogP contribution in [0.4, 0.5) is 0 Å². The highest BCUT2D eigenvalue weighted by Crippen LogP contribution is 2.18. The summed E-state index contributed by atoms with van der Waals surface area (Å²) < 4.78 is 1.76. The minimum absolute atomic E-state index is 0.142. The lowest BCUT2D eigenvalue weighted by Gasteiger charge is -2.01. The number of isocyanates is 1. The number of carbonyl (C=O) groups excluding carboxylic acids is 1. The third-order valence-corrected chi connectivity index (χ3v) is 1.97. The van der Waals surface area contributed by atoms with Crippen LogP contribution in [0.3, 0.4) is 0 Å².